The Morgan fingerprint density at radius 2 is 1.91 bits per heavy atom. The molecule has 1 atom stereocenters. The van der Waals surface area contributed by atoms with Crippen LogP contribution in [0.15, 0.2) is 30.3 Å². The van der Waals surface area contributed by atoms with E-state index in [2.05, 4.69) is 36.1 Å². The third-order valence-electron chi connectivity index (χ3n) is 3.92. The number of carbonyl (C=O) groups excluding carboxylic acids is 1. The molecule has 1 aliphatic heterocycles. The van der Waals surface area contributed by atoms with Crippen molar-refractivity contribution in [2.24, 2.45) is 0 Å². The maximum Gasteiger partial charge on any atom is 0.410 e. The zero-order valence-corrected chi connectivity index (χ0v) is 14.2. The Hall–Kier alpha value is -1.55. The number of benzene rings is 1. The van der Waals surface area contributed by atoms with Crippen molar-refractivity contribution in [1.29, 1.82) is 0 Å². The topological polar surface area (TPSA) is 32.8 Å². The summed E-state index contributed by atoms with van der Waals surface area (Å²) in [5.74, 6) is 0. The van der Waals surface area contributed by atoms with Gasteiger partial charge in [-0.2, -0.15) is 0 Å². The van der Waals surface area contributed by atoms with Crippen LogP contribution in [-0.2, 0) is 11.3 Å². The maximum absolute atomic E-state index is 12.3. The number of rotatable bonds is 3. The van der Waals surface area contributed by atoms with Crippen molar-refractivity contribution >= 4 is 6.09 Å². The van der Waals surface area contributed by atoms with Crippen molar-refractivity contribution in [1.82, 2.24) is 9.80 Å². The van der Waals surface area contributed by atoms with Gasteiger partial charge in [-0.1, -0.05) is 37.3 Å². The van der Waals surface area contributed by atoms with Crippen LogP contribution in [0.5, 0.6) is 0 Å². The second-order valence-corrected chi connectivity index (χ2v) is 6.96. The highest BCUT2D eigenvalue weighted by atomic mass is 16.6. The molecule has 1 saturated heterocycles. The smallest absolute Gasteiger partial charge is 0.410 e. The molecule has 4 heteroatoms. The van der Waals surface area contributed by atoms with E-state index in [4.69, 9.17) is 4.74 Å². The fourth-order valence-corrected chi connectivity index (χ4v) is 2.82. The van der Waals surface area contributed by atoms with Gasteiger partial charge in [0.05, 0.1) is 0 Å². The molecule has 1 amide bonds. The molecule has 0 aromatic heterocycles. The van der Waals surface area contributed by atoms with Crippen LogP contribution in [0.2, 0.25) is 0 Å². The Morgan fingerprint density at radius 1 is 1.23 bits per heavy atom. The van der Waals surface area contributed by atoms with Gasteiger partial charge in [0.2, 0.25) is 0 Å². The van der Waals surface area contributed by atoms with Gasteiger partial charge in [0.15, 0.2) is 0 Å². The highest BCUT2D eigenvalue weighted by molar-refractivity contribution is 5.68. The quantitative estimate of drug-likeness (QED) is 0.856. The molecule has 0 radical (unpaired) electrons. The third kappa shape index (κ3) is 4.73. The minimum absolute atomic E-state index is 0.182. The van der Waals surface area contributed by atoms with Gasteiger partial charge in [-0.05, 0) is 32.8 Å². The van der Waals surface area contributed by atoms with E-state index < -0.39 is 5.60 Å². The molecule has 1 heterocycles. The Morgan fingerprint density at radius 3 is 2.50 bits per heavy atom. The van der Waals surface area contributed by atoms with E-state index in [1.165, 1.54) is 5.56 Å². The summed E-state index contributed by atoms with van der Waals surface area (Å²) in [7, 11) is 0. The zero-order chi connectivity index (χ0) is 16.2. The number of ether oxygens (including phenoxy) is 1. The highest BCUT2D eigenvalue weighted by Gasteiger charge is 2.32. The van der Waals surface area contributed by atoms with Gasteiger partial charge >= 0.3 is 6.09 Å². The summed E-state index contributed by atoms with van der Waals surface area (Å²) >= 11 is 0. The van der Waals surface area contributed by atoms with Gasteiger partial charge in [-0.15, -0.1) is 0 Å². The Labute approximate surface area is 134 Å². The first-order valence-corrected chi connectivity index (χ1v) is 8.15. The average Bonchev–Trinajstić information content (AvgIpc) is 2.46. The molecule has 0 spiro atoms. The first kappa shape index (κ1) is 16.8. The second kappa shape index (κ2) is 7.14. The van der Waals surface area contributed by atoms with E-state index in [1.54, 1.807) is 0 Å². The van der Waals surface area contributed by atoms with Crippen molar-refractivity contribution in [2.75, 3.05) is 19.6 Å². The highest BCUT2D eigenvalue weighted by Crippen LogP contribution is 2.19. The summed E-state index contributed by atoms with van der Waals surface area (Å²) in [5, 5.41) is 0. The Kier molecular flexibility index (Phi) is 5.46. The summed E-state index contributed by atoms with van der Waals surface area (Å²) in [6, 6.07) is 10.7. The molecule has 0 aliphatic carbocycles. The second-order valence-electron chi connectivity index (χ2n) is 6.96. The summed E-state index contributed by atoms with van der Waals surface area (Å²) in [6.45, 7) is 11.4. The molecular weight excluding hydrogens is 276 g/mol. The summed E-state index contributed by atoms with van der Waals surface area (Å²) < 4.78 is 5.53. The number of carbonyl (C=O) groups is 1. The average molecular weight is 304 g/mol. The maximum atomic E-state index is 12.3. The summed E-state index contributed by atoms with van der Waals surface area (Å²) in [5.41, 5.74) is 0.888. The summed E-state index contributed by atoms with van der Waals surface area (Å²) in [4.78, 5) is 16.6. The Bertz CT molecular complexity index is 482. The zero-order valence-electron chi connectivity index (χ0n) is 14.2. The van der Waals surface area contributed by atoms with Crippen LogP contribution in [-0.4, -0.2) is 47.2 Å². The van der Waals surface area contributed by atoms with Gasteiger partial charge in [-0.25, -0.2) is 4.79 Å². The van der Waals surface area contributed by atoms with Gasteiger partial charge in [0.1, 0.15) is 5.60 Å². The largest absolute Gasteiger partial charge is 0.444 e. The SMILES string of the molecule is CC[C@@H]1CN(Cc2ccccc2)CCN1C(=O)OC(C)(C)C. The number of hydrogen-bond donors (Lipinski definition) is 0. The molecule has 0 N–H and O–H groups in total. The fourth-order valence-electron chi connectivity index (χ4n) is 2.82. The molecule has 0 unspecified atom stereocenters. The first-order valence-electron chi connectivity index (χ1n) is 8.15. The fraction of sp³-hybridized carbons (Fsp3) is 0.611. The molecule has 1 fully saturated rings. The lowest BCUT2D eigenvalue weighted by atomic mass is 10.1. The van der Waals surface area contributed by atoms with Crippen LogP contribution in [0.3, 0.4) is 0 Å². The van der Waals surface area contributed by atoms with E-state index in [-0.39, 0.29) is 12.1 Å². The molecule has 0 saturated carbocycles. The monoisotopic (exact) mass is 304 g/mol. The lowest BCUT2D eigenvalue weighted by molar-refractivity contribution is -0.00300. The van der Waals surface area contributed by atoms with Crippen molar-refractivity contribution < 1.29 is 9.53 Å². The van der Waals surface area contributed by atoms with Crippen molar-refractivity contribution in [2.45, 2.75) is 52.3 Å². The molecule has 22 heavy (non-hydrogen) atoms. The first-order chi connectivity index (χ1) is 10.4. The van der Waals surface area contributed by atoms with Crippen LogP contribution < -0.4 is 0 Å². The van der Waals surface area contributed by atoms with E-state index in [9.17, 15) is 4.79 Å². The van der Waals surface area contributed by atoms with Gasteiger partial charge < -0.3 is 9.64 Å². The molecule has 1 aliphatic rings. The lowest BCUT2D eigenvalue weighted by Crippen LogP contribution is -2.55. The van der Waals surface area contributed by atoms with Crippen LogP contribution in [0.1, 0.15) is 39.7 Å². The molecule has 0 bridgehead atoms. The molecule has 2 rings (SSSR count). The minimum atomic E-state index is -0.434. The van der Waals surface area contributed by atoms with Crippen molar-refractivity contribution in [3.8, 4) is 0 Å². The standard InChI is InChI=1S/C18H28N2O2/c1-5-16-14-19(13-15-9-7-6-8-10-15)11-12-20(16)17(21)22-18(2,3)4/h6-10,16H,5,11-14H2,1-4H3/t16-/m1/s1. The molecule has 122 valence electrons. The molecule has 1 aromatic rings. The van der Waals surface area contributed by atoms with E-state index in [0.717, 1.165) is 32.6 Å². The van der Waals surface area contributed by atoms with Gasteiger partial charge in [-0.3, -0.25) is 4.90 Å². The number of hydrogen-bond acceptors (Lipinski definition) is 3. The molecule has 4 nitrogen and oxygen atoms in total. The van der Waals surface area contributed by atoms with Crippen LogP contribution in [0, 0.1) is 0 Å². The summed E-state index contributed by atoms with van der Waals surface area (Å²) in [6.07, 6.45) is 0.767. The van der Waals surface area contributed by atoms with E-state index in [0.29, 0.717) is 0 Å². The van der Waals surface area contributed by atoms with Gasteiger partial charge in [0, 0.05) is 32.2 Å². The van der Waals surface area contributed by atoms with Crippen molar-refractivity contribution in [3.05, 3.63) is 35.9 Å². The van der Waals surface area contributed by atoms with Crippen molar-refractivity contribution in [3.63, 3.8) is 0 Å². The van der Waals surface area contributed by atoms with Crippen LogP contribution in [0.25, 0.3) is 0 Å². The minimum Gasteiger partial charge on any atom is -0.444 e. The third-order valence-corrected chi connectivity index (χ3v) is 3.92. The van der Waals surface area contributed by atoms with E-state index >= 15 is 0 Å². The van der Waals surface area contributed by atoms with E-state index in [1.807, 2.05) is 31.7 Å². The normalized spacial score (nSPS) is 20.0. The molecular formula is C18H28N2O2. The lowest BCUT2D eigenvalue weighted by Gasteiger charge is -2.41. The number of piperazine rings is 1. The molecule has 1 aromatic carbocycles. The number of amides is 1. The van der Waals surface area contributed by atoms with Crippen LogP contribution >= 0.6 is 0 Å². The number of nitrogens with zero attached hydrogens (tertiary/aromatic N) is 2. The predicted octanol–water partition coefficient (Wildman–Crippen LogP) is 3.52. The predicted molar refractivity (Wildman–Crippen MR) is 88.7 cm³/mol. The Balaban J connectivity index is 1.95. The van der Waals surface area contributed by atoms with Gasteiger partial charge in [0.25, 0.3) is 0 Å². The van der Waals surface area contributed by atoms with Crippen LogP contribution in [0.4, 0.5) is 4.79 Å².